The minimum Gasteiger partial charge on any atom is -0.483 e. The van der Waals surface area contributed by atoms with Gasteiger partial charge in [0.25, 0.3) is 12.4 Å². The molecule has 2 aromatic rings. The van der Waals surface area contributed by atoms with Crippen LogP contribution in [0.25, 0.3) is 0 Å². The van der Waals surface area contributed by atoms with E-state index in [0.717, 1.165) is 12.8 Å². The first kappa shape index (κ1) is 20.1. The number of likely N-dealkylation sites (tertiary alicyclic amines) is 1. The molecular formula is C19H23N5O6. The van der Waals surface area contributed by atoms with Crippen molar-refractivity contribution in [2.24, 2.45) is 11.8 Å². The quantitative estimate of drug-likeness (QED) is 0.649. The van der Waals surface area contributed by atoms with Crippen LogP contribution in [0.15, 0.2) is 35.8 Å². The molecule has 2 N–H and O–H groups in total. The fourth-order valence-corrected chi connectivity index (χ4v) is 4.93. The van der Waals surface area contributed by atoms with Crippen LogP contribution in [-0.2, 0) is 20.9 Å². The van der Waals surface area contributed by atoms with E-state index < -0.39 is 0 Å². The maximum absolute atomic E-state index is 12.6. The van der Waals surface area contributed by atoms with Gasteiger partial charge in [-0.05, 0) is 12.8 Å². The first-order chi connectivity index (χ1) is 14.6. The molecule has 160 valence electrons. The van der Waals surface area contributed by atoms with Crippen LogP contribution in [-0.4, -0.2) is 74.2 Å². The summed E-state index contributed by atoms with van der Waals surface area (Å²) in [7, 11) is 0. The van der Waals surface area contributed by atoms with Gasteiger partial charge in [-0.25, -0.2) is 9.97 Å². The molecule has 3 fully saturated rings. The summed E-state index contributed by atoms with van der Waals surface area (Å²) in [6.45, 7) is 1.78. The fourth-order valence-electron chi connectivity index (χ4n) is 4.93. The standard InChI is InChI=1S/C18H21N5O4.CH2O2/c24-16(7-22-4-3-19-10-22)20-5-12-13-6-23(17(25)14-8-26-11-21-14)9-18(13)2-1-15(12)27-18;2-1-3/h3-4,8,10-13,15H,1-2,5-7,9H2,(H,20,24);1H,(H,2,3)/t12-,13+,15+,18+;/m0./s1. The maximum Gasteiger partial charge on any atom is 0.290 e. The van der Waals surface area contributed by atoms with Crippen molar-refractivity contribution < 1.29 is 28.6 Å². The second kappa shape index (κ2) is 8.27. The minimum atomic E-state index is -0.274. The van der Waals surface area contributed by atoms with Crippen LogP contribution in [0.5, 0.6) is 0 Å². The molecule has 30 heavy (non-hydrogen) atoms. The van der Waals surface area contributed by atoms with Gasteiger partial charge < -0.3 is 29.0 Å². The molecule has 0 unspecified atom stereocenters. The monoisotopic (exact) mass is 417 g/mol. The second-order valence-electron chi connectivity index (χ2n) is 7.73. The first-order valence-corrected chi connectivity index (χ1v) is 9.72. The Morgan fingerprint density at radius 2 is 2.27 bits per heavy atom. The summed E-state index contributed by atoms with van der Waals surface area (Å²) in [5.74, 6) is 0.294. The Morgan fingerprint density at radius 1 is 1.43 bits per heavy atom. The highest BCUT2D eigenvalue weighted by Gasteiger charge is 2.63. The van der Waals surface area contributed by atoms with Crippen LogP contribution in [0.4, 0.5) is 0 Å². The molecule has 0 aromatic carbocycles. The Bertz CT molecular complexity index is 885. The van der Waals surface area contributed by atoms with E-state index >= 15 is 0 Å². The number of carbonyl (C=O) groups is 3. The number of carboxylic acid groups (broad SMARTS) is 1. The van der Waals surface area contributed by atoms with Crippen LogP contribution in [0.3, 0.4) is 0 Å². The van der Waals surface area contributed by atoms with Crippen molar-refractivity contribution >= 4 is 18.3 Å². The third kappa shape index (κ3) is 3.67. The molecule has 1 spiro atoms. The molecule has 11 heteroatoms. The summed E-state index contributed by atoms with van der Waals surface area (Å²) in [4.78, 5) is 42.9. The summed E-state index contributed by atoms with van der Waals surface area (Å²) in [5, 5.41) is 9.92. The van der Waals surface area contributed by atoms with Crippen LogP contribution in [0.1, 0.15) is 23.3 Å². The van der Waals surface area contributed by atoms with Gasteiger partial charge in [0.15, 0.2) is 12.1 Å². The first-order valence-electron chi connectivity index (χ1n) is 9.72. The molecule has 4 atom stereocenters. The smallest absolute Gasteiger partial charge is 0.290 e. The summed E-state index contributed by atoms with van der Waals surface area (Å²) in [6.07, 6.45) is 9.78. The lowest BCUT2D eigenvalue weighted by Crippen LogP contribution is -2.42. The zero-order valence-electron chi connectivity index (χ0n) is 16.2. The van der Waals surface area contributed by atoms with E-state index in [1.807, 2.05) is 4.90 Å². The number of amides is 2. The molecule has 2 aromatic heterocycles. The van der Waals surface area contributed by atoms with Gasteiger partial charge >= 0.3 is 0 Å². The van der Waals surface area contributed by atoms with Crippen molar-refractivity contribution in [2.45, 2.75) is 31.1 Å². The second-order valence-corrected chi connectivity index (χ2v) is 7.73. The summed E-state index contributed by atoms with van der Waals surface area (Å²) in [6, 6.07) is 0. The van der Waals surface area contributed by atoms with Crippen molar-refractivity contribution in [1.82, 2.24) is 24.8 Å². The Balaban J connectivity index is 0.000000687. The molecule has 0 aliphatic carbocycles. The number of nitrogens with zero attached hydrogens (tertiary/aromatic N) is 4. The van der Waals surface area contributed by atoms with Gasteiger partial charge in [0.1, 0.15) is 12.8 Å². The summed E-state index contributed by atoms with van der Waals surface area (Å²) < 4.78 is 13.0. The number of ether oxygens (including phenoxy) is 1. The molecule has 3 aliphatic rings. The van der Waals surface area contributed by atoms with Gasteiger partial charge in [-0.2, -0.15) is 0 Å². The van der Waals surface area contributed by atoms with Crippen LogP contribution < -0.4 is 5.32 Å². The van der Waals surface area contributed by atoms with Crippen molar-refractivity contribution in [2.75, 3.05) is 19.6 Å². The van der Waals surface area contributed by atoms with E-state index in [4.69, 9.17) is 19.1 Å². The highest BCUT2D eigenvalue weighted by atomic mass is 16.5. The molecule has 2 bridgehead atoms. The number of imidazole rings is 1. The number of carbonyl (C=O) groups excluding carboxylic acids is 2. The lowest BCUT2D eigenvalue weighted by atomic mass is 9.73. The fraction of sp³-hybridized carbons (Fsp3) is 0.526. The van der Waals surface area contributed by atoms with Gasteiger partial charge in [-0.3, -0.25) is 14.4 Å². The Labute approximate surface area is 172 Å². The SMILES string of the molecule is O=C(Cn1ccnc1)NC[C@H]1[C@H]2CN(C(=O)c3cocn3)C[C@]23CC[C@H]1O3.O=CO. The molecule has 11 nitrogen and oxygen atoms in total. The van der Waals surface area contributed by atoms with Crippen LogP contribution >= 0.6 is 0 Å². The number of fused-ring (bicyclic) bond motifs is 1. The topological polar surface area (TPSA) is 140 Å². The van der Waals surface area contributed by atoms with Gasteiger partial charge in [0.05, 0.1) is 24.6 Å². The average molecular weight is 417 g/mol. The van der Waals surface area contributed by atoms with Crippen molar-refractivity contribution in [1.29, 1.82) is 0 Å². The molecule has 0 saturated carbocycles. The molecule has 3 saturated heterocycles. The van der Waals surface area contributed by atoms with Crippen molar-refractivity contribution in [3.8, 4) is 0 Å². The Kier molecular flexibility index (Phi) is 5.53. The molecule has 0 radical (unpaired) electrons. The third-order valence-corrected chi connectivity index (χ3v) is 6.14. The van der Waals surface area contributed by atoms with E-state index in [1.165, 1.54) is 12.7 Å². The third-order valence-electron chi connectivity index (χ3n) is 6.14. The number of hydrogen-bond donors (Lipinski definition) is 2. The van der Waals surface area contributed by atoms with Gasteiger partial charge in [0, 0.05) is 37.3 Å². The van der Waals surface area contributed by atoms with Crippen LogP contribution in [0, 0.1) is 11.8 Å². The predicted molar refractivity (Wildman–Crippen MR) is 100 cm³/mol. The normalized spacial score (nSPS) is 28.5. The number of oxazole rings is 1. The van der Waals surface area contributed by atoms with Gasteiger partial charge in [-0.15, -0.1) is 0 Å². The number of hydrogen-bond acceptors (Lipinski definition) is 7. The number of nitrogens with one attached hydrogen (secondary N) is 1. The van der Waals surface area contributed by atoms with Gasteiger partial charge in [-0.1, -0.05) is 0 Å². The zero-order chi connectivity index (χ0) is 21.1. The molecule has 3 aliphatic heterocycles. The van der Waals surface area contributed by atoms with Crippen LogP contribution in [0.2, 0.25) is 0 Å². The van der Waals surface area contributed by atoms with E-state index in [-0.39, 0.29) is 48.4 Å². The molecule has 5 heterocycles. The summed E-state index contributed by atoms with van der Waals surface area (Å²) in [5.41, 5.74) is 0.0511. The van der Waals surface area contributed by atoms with Gasteiger partial charge in [0.2, 0.25) is 5.91 Å². The van der Waals surface area contributed by atoms with Crippen molar-refractivity contribution in [3.05, 3.63) is 37.1 Å². The highest BCUT2D eigenvalue weighted by molar-refractivity contribution is 5.92. The lowest BCUT2D eigenvalue weighted by Gasteiger charge is -2.29. The summed E-state index contributed by atoms with van der Waals surface area (Å²) >= 11 is 0. The van der Waals surface area contributed by atoms with E-state index in [0.29, 0.717) is 25.3 Å². The number of aromatic nitrogens is 3. The molecule has 5 rings (SSSR count). The van der Waals surface area contributed by atoms with E-state index in [9.17, 15) is 9.59 Å². The van der Waals surface area contributed by atoms with E-state index in [2.05, 4.69) is 15.3 Å². The highest BCUT2D eigenvalue weighted by Crippen LogP contribution is 2.54. The maximum atomic E-state index is 12.6. The number of rotatable bonds is 5. The van der Waals surface area contributed by atoms with E-state index in [1.54, 1.807) is 23.3 Å². The predicted octanol–water partition coefficient (Wildman–Crippen LogP) is 0.00790. The largest absolute Gasteiger partial charge is 0.483 e. The lowest BCUT2D eigenvalue weighted by molar-refractivity contribution is -0.123. The zero-order valence-corrected chi connectivity index (χ0v) is 16.2. The Hall–Kier alpha value is -3.21. The Morgan fingerprint density at radius 3 is 2.97 bits per heavy atom. The molecular weight excluding hydrogens is 394 g/mol. The average Bonchev–Trinajstić information content (AvgIpc) is 3.53. The minimum absolute atomic E-state index is 0.0432. The molecule has 2 amide bonds. The van der Waals surface area contributed by atoms with Crippen molar-refractivity contribution in [3.63, 3.8) is 0 Å².